The van der Waals surface area contributed by atoms with E-state index in [9.17, 15) is 9.59 Å². The second kappa shape index (κ2) is 5.27. The lowest BCUT2D eigenvalue weighted by atomic mass is 10.3. The van der Waals surface area contributed by atoms with Gasteiger partial charge in [0, 0.05) is 13.2 Å². The van der Waals surface area contributed by atoms with Gasteiger partial charge in [0.25, 0.3) is 5.91 Å². The van der Waals surface area contributed by atoms with Crippen LogP contribution in [0.25, 0.3) is 0 Å². The van der Waals surface area contributed by atoms with Gasteiger partial charge in [-0.3, -0.25) is 4.79 Å². The third-order valence-electron chi connectivity index (χ3n) is 2.61. The number of nitrogens with zero attached hydrogens (tertiary/aromatic N) is 1. The highest BCUT2D eigenvalue weighted by molar-refractivity contribution is 7.12. The number of rotatable bonds is 3. The van der Waals surface area contributed by atoms with Gasteiger partial charge >= 0.3 is 5.97 Å². The molecule has 1 N–H and O–H groups in total. The standard InChI is InChI=1S/C13H14N2O3S/c1-8-4-11(19-7-8)12(16)14-9-5-10(13(17)18-3)15(2)6-9/h4-7H,1-3H3,(H,14,16). The molecule has 6 heteroatoms. The number of aryl methyl sites for hydroxylation is 2. The first-order valence-electron chi connectivity index (χ1n) is 5.62. The summed E-state index contributed by atoms with van der Waals surface area (Å²) in [5, 5.41) is 4.67. The van der Waals surface area contributed by atoms with Crippen LogP contribution in [-0.4, -0.2) is 23.6 Å². The number of methoxy groups -OCH3 is 1. The van der Waals surface area contributed by atoms with E-state index in [0.717, 1.165) is 5.56 Å². The SMILES string of the molecule is COC(=O)c1cc(NC(=O)c2cc(C)cs2)cn1C. The van der Waals surface area contributed by atoms with Crippen LogP contribution < -0.4 is 5.32 Å². The lowest BCUT2D eigenvalue weighted by Crippen LogP contribution is -2.09. The number of carbonyl (C=O) groups is 2. The predicted molar refractivity (Wildman–Crippen MR) is 73.8 cm³/mol. The maximum atomic E-state index is 12.0. The minimum absolute atomic E-state index is 0.180. The summed E-state index contributed by atoms with van der Waals surface area (Å²) in [7, 11) is 3.04. The van der Waals surface area contributed by atoms with Crippen LogP contribution in [0.5, 0.6) is 0 Å². The van der Waals surface area contributed by atoms with Crippen molar-refractivity contribution in [2.45, 2.75) is 6.92 Å². The number of hydrogen-bond donors (Lipinski definition) is 1. The normalized spacial score (nSPS) is 10.3. The second-order valence-electron chi connectivity index (χ2n) is 4.16. The molecule has 0 aromatic carbocycles. The van der Waals surface area contributed by atoms with Crippen molar-refractivity contribution < 1.29 is 14.3 Å². The largest absolute Gasteiger partial charge is 0.464 e. The summed E-state index contributed by atoms with van der Waals surface area (Å²) >= 11 is 1.39. The van der Waals surface area contributed by atoms with E-state index in [4.69, 9.17) is 0 Å². The van der Waals surface area contributed by atoms with Gasteiger partial charge in [-0.1, -0.05) is 0 Å². The first-order valence-corrected chi connectivity index (χ1v) is 6.50. The number of aromatic nitrogens is 1. The van der Waals surface area contributed by atoms with Crippen molar-refractivity contribution in [3.05, 3.63) is 39.8 Å². The van der Waals surface area contributed by atoms with Gasteiger partial charge in [0.1, 0.15) is 5.69 Å². The molecule has 0 aliphatic heterocycles. The maximum Gasteiger partial charge on any atom is 0.354 e. The Bertz CT molecular complexity index is 628. The lowest BCUT2D eigenvalue weighted by Gasteiger charge is -1.98. The first-order chi connectivity index (χ1) is 9.01. The Morgan fingerprint density at radius 2 is 2.11 bits per heavy atom. The molecule has 19 heavy (non-hydrogen) atoms. The summed E-state index contributed by atoms with van der Waals surface area (Å²) in [6.45, 7) is 1.94. The highest BCUT2D eigenvalue weighted by Crippen LogP contribution is 2.18. The van der Waals surface area contributed by atoms with E-state index in [1.165, 1.54) is 18.4 Å². The number of ether oxygens (including phenoxy) is 1. The first kappa shape index (κ1) is 13.4. The van der Waals surface area contributed by atoms with E-state index >= 15 is 0 Å². The molecule has 0 bridgehead atoms. The van der Waals surface area contributed by atoms with Crippen molar-refractivity contribution in [2.75, 3.05) is 12.4 Å². The zero-order chi connectivity index (χ0) is 14.0. The number of hydrogen-bond acceptors (Lipinski definition) is 4. The Morgan fingerprint density at radius 1 is 1.37 bits per heavy atom. The highest BCUT2D eigenvalue weighted by atomic mass is 32.1. The van der Waals surface area contributed by atoms with E-state index in [1.54, 1.807) is 23.9 Å². The van der Waals surface area contributed by atoms with Crippen molar-refractivity contribution in [3.8, 4) is 0 Å². The van der Waals surface area contributed by atoms with Gasteiger partial charge < -0.3 is 14.6 Å². The van der Waals surface area contributed by atoms with Crippen molar-refractivity contribution in [2.24, 2.45) is 7.05 Å². The van der Waals surface area contributed by atoms with Crippen LogP contribution >= 0.6 is 11.3 Å². The molecule has 0 radical (unpaired) electrons. The van der Waals surface area contributed by atoms with Gasteiger partial charge in [0.15, 0.2) is 0 Å². The molecule has 2 rings (SSSR count). The van der Waals surface area contributed by atoms with Crippen LogP contribution in [-0.2, 0) is 11.8 Å². The fourth-order valence-corrected chi connectivity index (χ4v) is 2.48. The molecule has 0 atom stereocenters. The van der Waals surface area contributed by atoms with Crippen LogP contribution in [0, 0.1) is 6.92 Å². The Hall–Kier alpha value is -2.08. The second-order valence-corrected chi connectivity index (χ2v) is 5.07. The predicted octanol–water partition coefficient (Wildman–Crippen LogP) is 2.43. The molecule has 0 saturated carbocycles. The molecule has 1 amide bonds. The van der Waals surface area contributed by atoms with Gasteiger partial charge in [0.2, 0.25) is 0 Å². The monoisotopic (exact) mass is 278 g/mol. The molecule has 0 saturated heterocycles. The number of nitrogens with one attached hydrogen (secondary N) is 1. The molecule has 0 unspecified atom stereocenters. The molecule has 2 heterocycles. The lowest BCUT2D eigenvalue weighted by molar-refractivity contribution is 0.0590. The Kier molecular flexibility index (Phi) is 3.71. The fourth-order valence-electron chi connectivity index (χ4n) is 1.68. The third kappa shape index (κ3) is 2.85. The van der Waals surface area contributed by atoms with E-state index < -0.39 is 5.97 Å². The summed E-state index contributed by atoms with van der Waals surface area (Å²) in [6, 6.07) is 3.41. The zero-order valence-corrected chi connectivity index (χ0v) is 11.7. The fraction of sp³-hybridized carbons (Fsp3) is 0.231. The van der Waals surface area contributed by atoms with Crippen LogP contribution in [0.1, 0.15) is 25.7 Å². The van der Waals surface area contributed by atoms with Crippen molar-refractivity contribution in [1.82, 2.24) is 4.57 Å². The van der Waals surface area contributed by atoms with E-state index in [1.807, 2.05) is 18.4 Å². The smallest absolute Gasteiger partial charge is 0.354 e. The Balaban J connectivity index is 2.16. The van der Waals surface area contributed by atoms with Gasteiger partial charge in [-0.15, -0.1) is 11.3 Å². The minimum atomic E-state index is -0.435. The summed E-state index contributed by atoms with van der Waals surface area (Å²) in [5.74, 6) is -0.616. The highest BCUT2D eigenvalue weighted by Gasteiger charge is 2.14. The number of thiophene rings is 1. The molecule has 0 spiro atoms. The molecular weight excluding hydrogens is 264 g/mol. The van der Waals surface area contributed by atoms with E-state index in [0.29, 0.717) is 16.3 Å². The van der Waals surface area contributed by atoms with Crippen molar-refractivity contribution in [3.63, 3.8) is 0 Å². The number of amides is 1. The average Bonchev–Trinajstić information content (AvgIpc) is 2.95. The van der Waals surface area contributed by atoms with E-state index in [2.05, 4.69) is 10.1 Å². The molecule has 5 nitrogen and oxygen atoms in total. The quantitative estimate of drug-likeness (QED) is 0.877. The Morgan fingerprint density at radius 3 is 2.68 bits per heavy atom. The summed E-state index contributed by atoms with van der Waals surface area (Å²) < 4.78 is 6.27. The van der Waals surface area contributed by atoms with Gasteiger partial charge in [-0.25, -0.2) is 4.79 Å². The molecule has 100 valence electrons. The van der Waals surface area contributed by atoms with Crippen LogP contribution in [0.4, 0.5) is 5.69 Å². The topological polar surface area (TPSA) is 60.3 Å². The van der Waals surface area contributed by atoms with Crippen LogP contribution in [0.15, 0.2) is 23.7 Å². The average molecular weight is 278 g/mol. The summed E-state index contributed by atoms with van der Waals surface area (Å²) in [4.78, 5) is 24.1. The van der Waals surface area contributed by atoms with Crippen LogP contribution in [0.3, 0.4) is 0 Å². The molecule has 0 aliphatic rings. The van der Waals surface area contributed by atoms with E-state index in [-0.39, 0.29) is 5.91 Å². The molecule has 0 fully saturated rings. The van der Waals surface area contributed by atoms with Gasteiger partial charge in [-0.2, -0.15) is 0 Å². The number of carbonyl (C=O) groups excluding carboxylic acids is 2. The molecule has 2 aromatic rings. The van der Waals surface area contributed by atoms with Gasteiger partial charge in [0.05, 0.1) is 17.7 Å². The zero-order valence-electron chi connectivity index (χ0n) is 10.9. The summed E-state index contributed by atoms with van der Waals surface area (Å²) in [6.07, 6.45) is 1.67. The maximum absolute atomic E-state index is 12.0. The summed E-state index contributed by atoms with van der Waals surface area (Å²) in [5.41, 5.74) is 2.01. The molecule has 2 aromatic heterocycles. The number of esters is 1. The third-order valence-corrected chi connectivity index (χ3v) is 3.66. The molecule has 0 aliphatic carbocycles. The van der Waals surface area contributed by atoms with Gasteiger partial charge in [-0.05, 0) is 30.0 Å². The minimum Gasteiger partial charge on any atom is -0.464 e. The van der Waals surface area contributed by atoms with Crippen molar-refractivity contribution >= 4 is 28.9 Å². The number of anilines is 1. The molecular formula is C13H14N2O3S. The van der Waals surface area contributed by atoms with Crippen LogP contribution in [0.2, 0.25) is 0 Å². The van der Waals surface area contributed by atoms with Crippen molar-refractivity contribution in [1.29, 1.82) is 0 Å². The Labute approximate surface area is 114 Å².